The van der Waals surface area contributed by atoms with Crippen molar-refractivity contribution in [2.75, 3.05) is 5.32 Å². The van der Waals surface area contributed by atoms with Crippen LogP contribution in [-0.4, -0.2) is 5.11 Å². The standard InChI is InChI=1S/C20H17NO/c1-14-11-12-17-19(13-14)21-18-10-6-5-9-16(18)20(17,22)15-7-3-2-4-8-15/h2-13,21-22H,1H3. The summed E-state index contributed by atoms with van der Waals surface area (Å²) in [5, 5.41) is 15.1. The number of benzene rings is 3. The maximum atomic E-state index is 11.7. The first-order valence-corrected chi connectivity index (χ1v) is 7.45. The lowest BCUT2D eigenvalue weighted by atomic mass is 9.76. The van der Waals surface area contributed by atoms with E-state index < -0.39 is 5.60 Å². The molecule has 1 aliphatic heterocycles. The minimum Gasteiger partial charge on any atom is -0.376 e. The van der Waals surface area contributed by atoms with E-state index in [0.717, 1.165) is 28.1 Å². The van der Waals surface area contributed by atoms with Gasteiger partial charge < -0.3 is 10.4 Å². The van der Waals surface area contributed by atoms with Crippen molar-refractivity contribution in [3.8, 4) is 0 Å². The Bertz CT molecular complexity index is 841. The first kappa shape index (κ1) is 13.1. The Morgan fingerprint density at radius 3 is 2.27 bits per heavy atom. The van der Waals surface area contributed by atoms with Gasteiger partial charge in [-0.3, -0.25) is 0 Å². The van der Waals surface area contributed by atoms with Crippen molar-refractivity contribution in [3.63, 3.8) is 0 Å². The summed E-state index contributed by atoms with van der Waals surface area (Å²) < 4.78 is 0. The third kappa shape index (κ3) is 1.78. The number of rotatable bonds is 1. The SMILES string of the molecule is Cc1ccc2c(c1)Nc1ccccc1C2(O)c1ccccc1. The molecular weight excluding hydrogens is 270 g/mol. The number of aliphatic hydroxyl groups is 1. The van der Waals surface area contributed by atoms with E-state index in [9.17, 15) is 5.11 Å². The second-order valence-corrected chi connectivity index (χ2v) is 5.80. The van der Waals surface area contributed by atoms with Gasteiger partial charge in [-0.05, 0) is 30.2 Å². The summed E-state index contributed by atoms with van der Waals surface area (Å²) in [4.78, 5) is 0. The fraction of sp³-hybridized carbons (Fsp3) is 0.100. The monoisotopic (exact) mass is 287 g/mol. The molecule has 0 saturated heterocycles. The summed E-state index contributed by atoms with van der Waals surface area (Å²) >= 11 is 0. The molecule has 0 amide bonds. The Balaban J connectivity index is 2.06. The highest BCUT2D eigenvalue weighted by Crippen LogP contribution is 2.47. The van der Waals surface area contributed by atoms with Gasteiger partial charge in [-0.15, -0.1) is 0 Å². The van der Waals surface area contributed by atoms with E-state index in [-0.39, 0.29) is 0 Å². The molecule has 3 aromatic rings. The van der Waals surface area contributed by atoms with E-state index in [2.05, 4.69) is 18.3 Å². The van der Waals surface area contributed by atoms with E-state index in [0.29, 0.717) is 0 Å². The van der Waals surface area contributed by atoms with Gasteiger partial charge in [0, 0.05) is 22.5 Å². The average molecular weight is 287 g/mol. The molecule has 0 saturated carbocycles. The molecule has 1 unspecified atom stereocenters. The normalized spacial score (nSPS) is 19.0. The molecule has 4 rings (SSSR count). The van der Waals surface area contributed by atoms with Crippen LogP contribution in [0.2, 0.25) is 0 Å². The lowest BCUT2D eigenvalue weighted by Crippen LogP contribution is -2.33. The number of nitrogens with one attached hydrogen (secondary N) is 1. The van der Waals surface area contributed by atoms with Crippen molar-refractivity contribution >= 4 is 11.4 Å². The molecule has 1 aliphatic rings. The van der Waals surface area contributed by atoms with Gasteiger partial charge in [-0.25, -0.2) is 0 Å². The topological polar surface area (TPSA) is 32.3 Å². The molecule has 0 aliphatic carbocycles. The van der Waals surface area contributed by atoms with Crippen LogP contribution in [0.3, 0.4) is 0 Å². The zero-order valence-electron chi connectivity index (χ0n) is 12.4. The van der Waals surface area contributed by atoms with Gasteiger partial charge >= 0.3 is 0 Å². The van der Waals surface area contributed by atoms with Crippen LogP contribution in [0, 0.1) is 6.92 Å². The van der Waals surface area contributed by atoms with E-state index in [4.69, 9.17) is 0 Å². The van der Waals surface area contributed by atoms with Crippen LogP contribution in [0.25, 0.3) is 0 Å². The third-order valence-electron chi connectivity index (χ3n) is 4.34. The summed E-state index contributed by atoms with van der Waals surface area (Å²) in [6.07, 6.45) is 0. The Morgan fingerprint density at radius 1 is 0.773 bits per heavy atom. The number of hydrogen-bond donors (Lipinski definition) is 2. The van der Waals surface area contributed by atoms with Crippen LogP contribution < -0.4 is 5.32 Å². The van der Waals surface area contributed by atoms with Crippen molar-refractivity contribution in [1.82, 2.24) is 0 Å². The van der Waals surface area contributed by atoms with Crippen molar-refractivity contribution < 1.29 is 5.11 Å². The first-order chi connectivity index (χ1) is 10.7. The minimum atomic E-state index is -1.13. The van der Waals surface area contributed by atoms with E-state index in [1.807, 2.05) is 66.7 Å². The molecule has 1 atom stereocenters. The molecule has 0 fully saturated rings. The molecule has 0 bridgehead atoms. The summed E-state index contributed by atoms with van der Waals surface area (Å²) in [7, 11) is 0. The molecule has 2 nitrogen and oxygen atoms in total. The zero-order valence-corrected chi connectivity index (χ0v) is 12.4. The second kappa shape index (κ2) is 4.72. The molecule has 0 spiro atoms. The molecular formula is C20H17NO. The van der Waals surface area contributed by atoms with E-state index in [1.54, 1.807) is 0 Å². The summed E-state index contributed by atoms with van der Waals surface area (Å²) in [6.45, 7) is 2.06. The quantitative estimate of drug-likeness (QED) is 0.698. The second-order valence-electron chi connectivity index (χ2n) is 5.80. The zero-order chi connectivity index (χ0) is 15.2. The maximum absolute atomic E-state index is 11.7. The highest BCUT2D eigenvalue weighted by atomic mass is 16.3. The predicted octanol–water partition coefficient (Wildman–Crippen LogP) is 4.34. The Hall–Kier alpha value is -2.58. The van der Waals surface area contributed by atoms with Crippen molar-refractivity contribution in [3.05, 3.63) is 95.1 Å². The number of anilines is 2. The molecule has 1 heterocycles. The summed E-state index contributed by atoms with van der Waals surface area (Å²) in [6, 6.07) is 23.9. The Morgan fingerprint density at radius 2 is 1.45 bits per heavy atom. The summed E-state index contributed by atoms with van der Waals surface area (Å²) in [5.74, 6) is 0. The van der Waals surface area contributed by atoms with E-state index >= 15 is 0 Å². The fourth-order valence-corrected chi connectivity index (χ4v) is 3.27. The van der Waals surface area contributed by atoms with Gasteiger partial charge in [0.2, 0.25) is 0 Å². The van der Waals surface area contributed by atoms with Crippen LogP contribution >= 0.6 is 0 Å². The van der Waals surface area contributed by atoms with Crippen LogP contribution in [0.15, 0.2) is 72.8 Å². The molecule has 0 aromatic heterocycles. The largest absolute Gasteiger partial charge is 0.376 e. The van der Waals surface area contributed by atoms with Gasteiger partial charge in [0.25, 0.3) is 0 Å². The van der Waals surface area contributed by atoms with Gasteiger partial charge in [0.1, 0.15) is 5.60 Å². The first-order valence-electron chi connectivity index (χ1n) is 7.45. The van der Waals surface area contributed by atoms with Crippen molar-refractivity contribution in [2.45, 2.75) is 12.5 Å². The van der Waals surface area contributed by atoms with Crippen LogP contribution in [0.1, 0.15) is 22.3 Å². The van der Waals surface area contributed by atoms with Crippen molar-refractivity contribution in [2.24, 2.45) is 0 Å². The Kier molecular flexibility index (Phi) is 2.81. The van der Waals surface area contributed by atoms with Crippen LogP contribution in [-0.2, 0) is 5.60 Å². The summed E-state index contributed by atoms with van der Waals surface area (Å²) in [5.41, 5.74) is 4.61. The van der Waals surface area contributed by atoms with E-state index in [1.165, 1.54) is 5.56 Å². The maximum Gasteiger partial charge on any atom is 0.144 e. The minimum absolute atomic E-state index is 0.883. The smallest absolute Gasteiger partial charge is 0.144 e. The van der Waals surface area contributed by atoms with Gasteiger partial charge in [-0.1, -0.05) is 60.7 Å². The molecule has 2 heteroatoms. The van der Waals surface area contributed by atoms with Crippen LogP contribution in [0.5, 0.6) is 0 Å². The van der Waals surface area contributed by atoms with Gasteiger partial charge in [-0.2, -0.15) is 0 Å². The van der Waals surface area contributed by atoms with Gasteiger partial charge in [0.05, 0.1) is 0 Å². The molecule has 3 aromatic carbocycles. The van der Waals surface area contributed by atoms with Gasteiger partial charge in [0.15, 0.2) is 0 Å². The highest BCUT2D eigenvalue weighted by molar-refractivity contribution is 5.77. The fourth-order valence-electron chi connectivity index (χ4n) is 3.27. The van der Waals surface area contributed by atoms with Crippen molar-refractivity contribution in [1.29, 1.82) is 0 Å². The average Bonchev–Trinajstić information content (AvgIpc) is 2.55. The number of fused-ring (bicyclic) bond motifs is 2. The number of para-hydroxylation sites is 1. The lowest BCUT2D eigenvalue weighted by molar-refractivity contribution is 0.126. The number of aryl methyl sites for hydroxylation is 1. The Labute approximate surface area is 130 Å². The predicted molar refractivity (Wildman–Crippen MR) is 89.4 cm³/mol. The molecule has 0 radical (unpaired) electrons. The molecule has 2 N–H and O–H groups in total. The highest BCUT2D eigenvalue weighted by Gasteiger charge is 2.40. The van der Waals surface area contributed by atoms with Crippen LogP contribution in [0.4, 0.5) is 11.4 Å². The third-order valence-corrected chi connectivity index (χ3v) is 4.34. The molecule has 108 valence electrons. The lowest BCUT2D eigenvalue weighted by Gasteiger charge is -2.37. The molecule has 22 heavy (non-hydrogen) atoms. The number of hydrogen-bond acceptors (Lipinski definition) is 2.